The van der Waals surface area contributed by atoms with Gasteiger partial charge in [-0.2, -0.15) is 0 Å². The molecule has 0 spiro atoms. The largest absolute Gasteiger partial charge is 0.382 e. The van der Waals surface area contributed by atoms with Crippen molar-refractivity contribution in [3.8, 4) is 0 Å². The summed E-state index contributed by atoms with van der Waals surface area (Å²) >= 11 is 0. The van der Waals surface area contributed by atoms with E-state index in [-0.39, 0.29) is 0 Å². The molecule has 1 aliphatic heterocycles. The molecule has 0 amide bonds. The summed E-state index contributed by atoms with van der Waals surface area (Å²) in [6.07, 6.45) is 5.83. The molecule has 1 aromatic heterocycles. The summed E-state index contributed by atoms with van der Waals surface area (Å²) in [6, 6.07) is 9.34. The molecule has 2 N–H and O–H groups in total. The summed E-state index contributed by atoms with van der Waals surface area (Å²) in [7, 11) is 0. The molecule has 1 fully saturated rings. The van der Waals surface area contributed by atoms with Crippen LogP contribution >= 0.6 is 0 Å². The van der Waals surface area contributed by atoms with Crippen LogP contribution in [-0.4, -0.2) is 35.6 Å². The normalized spacial score (nSPS) is 21.4. The number of fused-ring (bicyclic) bond motifs is 1. The van der Waals surface area contributed by atoms with Gasteiger partial charge in [0.1, 0.15) is 0 Å². The molecule has 2 heterocycles. The number of anilines is 1. The Morgan fingerprint density at radius 2 is 2.21 bits per heavy atom. The van der Waals surface area contributed by atoms with Gasteiger partial charge in [-0.15, -0.1) is 0 Å². The Bertz CT molecular complexity index is 532. The summed E-state index contributed by atoms with van der Waals surface area (Å²) in [5.41, 5.74) is 2.46. The van der Waals surface area contributed by atoms with Gasteiger partial charge in [-0.3, -0.25) is 0 Å². The van der Waals surface area contributed by atoms with E-state index in [1.807, 2.05) is 6.20 Å². The van der Waals surface area contributed by atoms with Crippen LogP contribution < -0.4 is 5.32 Å². The first-order valence-corrected chi connectivity index (χ1v) is 7.41. The summed E-state index contributed by atoms with van der Waals surface area (Å²) in [6.45, 7) is 5.92. The lowest BCUT2D eigenvalue weighted by Crippen LogP contribution is -2.26. The second-order valence-electron chi connectivity index (χ2n) is 5.49. The zero-order valence-electron chi connectivity index (χ0n) is 11.7. The Morgan fingerprint density at radius 1 is 1.26 bits per heavy atom. The maximum absolute atomic E-state index is 3.71. The van der Waals surface area contributed by atoms with Crippen LogP contribution in [0.3, 0.4) is 0 Å². The number of nitrogens with zero attached hydrogens (tertiary/aromatic N) is 1. The van der Waals surface area contributed by atoms with Crippen molar-refractivity contribution in [1.82, 2.24) is 9.88 Å². The molecule has 1 aromatic carbocycles. The van der Waals surface area contributed by atoms with E-state index in [4.69, 9.17) is 0 Å². The summed E-state index contributed by atoms with van der Waals surface area (Å²) < 4.78 is 0. The smallest absolute Gasteiger partial charge is 0.0455 e. The van der Waals surface area contributed by atoms with E-state index in [1.165, 1.54) is 55.5 Å². The van der Waals surface area contributed by atoms with Crippen molar-refractivity contribution in [3.63, 3.8) is 0 Å². The van der Waals surface area contributed by atoms with E-state index < -0.39 is 0 Å². The molecular weight excluding hydrogens is 234 g/mol. The van der Waals surface area contributed by atoms with Crippen molar-refractivity contribution in [3.05, 3.63) is 30.5 Å². The van der Waals surface area contributed by atoms with Crippen molar-refractivity contribution in [2.45, 2.75) is 32.2 Å². The SMILES string of the molecule is CCN1CCCC(Nc2ccc3[nH]ccc3c2)CC1. The van der Waals surface area contributed by atoms with Crippen LogP contribution in [0, 0.1) is 0 Å². The molecule has 1 saturated heterocycles. The Labute approximate surface area is 115 Å². The molecule has 19 heavy (non-hydrogen) atoms. The lowest BCUT2D eigenvalue weighted by Gasteiger charge is -2.19. The molecule has 0 bridgehead atoms. The third-order valence-electron chi connectivity index (χ3n) is 4.19. The minimum absolute atomic E-state index is 0.618. The lowest BCUT2D eigenvalue weighted by atomic mass is 10.1. The van der Waals surface area contributed by atoms with Crippen molar-refractivity contribution < 1.29 is 0 Å². The standard InChI is InChI=1S/C16H23N3/c1-2-19-10-3-4-14(8-11-19)18-15-5-6-16-13(12-15)7-9-17-16/h5-7,9,12,14,17-18H,2-4,8,10-11H2,1H3. The average molecular weight is 257 g/mol. The van der Waals surface area contributed by atoms with Crippen LogP contribution in [0.2, 0.25) is 0 Å². The van der Waals surface area contributed by atoms with Crippen LogP contribution in [0.1, 0.15) is 26.2 Å². The monoisotopic (exact) mass is 257 g/mol. The molecule has 2 aromatic rings. The average Bonchev–Trinajstić information content (AvgIpc) is 2.77. The molecule has 3 rings (SSSR count). The molecule has 1 aliphatic rings. The lowest BCUT2D eigenvalue weighted by molar-refractivity contribution is 0.300. The molecule has 1 atom stereocenters. The molecule has 0 saturated carbocycles. The van der Waals surface area contributed by atoms with Crippen LogP contribution in [0.25, 0.3) is 10.9 Å². The van der Waals surface area contributed by atoms with Crippen LogP contribution in [0.5, 0.6) is 0 Å². The van der Waals surface area contributed by atoms with E-state index in [2.05, 4.69) is 46.4 Å². The fourth-order valence-corrected chi connectivity index (χ4v) is 3.00. The van der Waals surface area contributed by atoms with Gasteiger partial charge in [-0.1, -0.05) is 6.92 Å². The number of benzene rings is 1. The number of aromatic nitrogens is 1. The zero-order chi connectivity index (χ0) is 13.1. The van der Waals surface area contributed by atoms with Crippen LogP contribution in [0.4, 0.5) is 5.69 Å². The number of aromatic amines is 1. The van der Waals surface area contributed by atoms with Crippen molar-refractivity contribution in [2.75, 3.05) is 25.0 Å². The highest BCUT2D eigenvalue weighted by Gasteiger charge is 2.15. The number of hydrogen-bond donors (Lipinski definition) is 2. The fourth-order valence-electron chi connectivity index (χ4n) is 3.00. The molecule has 102 valence electrons. The second-order valence-corrected chi connectivity index (χ2v) is 5.49. The number of H-pyrrole nitrogens is 1. The predicted molar refractivity (Wildman–Crippen MR) is 81.7 cm³/mol. The molecular formula is C16H23N3. The minimum atomic E-state index is 0.618. The topological polar surface area (TPSA) is 31.1 Å². The Kier molecular flexibility index (Phi) is 3.74. The van der Waals surface area contributed by atoms with Crippen molar-refractivity contribution in [2.24, 2.45) is 0 Å². The Balaban J connectivity index is 1.66. The fraction of sp³-hybridized carbons (Fsp3) is 0.500. The molecule has 1 unspecified atom stereocenters. The summed E-state index contributed by atoms with van der Waals surface area (Å²) in [5.74, 6) is 0. The van der Waals surface area contributed by atoms with Gasteiger partial charge in [0.15, 0.2) is 0 Å². The second kappa shape index (κ2) is 5.66. The quantitative estimate of drug-likeness (QED) is 0.882. The van der Waals surface area contributed by atoms with Gasteiger partial charge >= 0.3 is 0 Å². The van der Waals surface area contributed by atoms with Crippen molar-refractivity contribution >= 4 is 16.6 Å². The third-order valence-corrected chi connectivity index (χ3v) is 4.19. The molecule has 3 nitrogen and oxygen atoms in total. The first-order valence-electron chi connectivity index (χ1n) is 7.41. The van der Waals surface area contributed by atoms with E-state index >= 15 is 0 Å². The number of nitrogens with one attached hydrogen (secondary N) is 2. The summed E-state index contributed by atoms with van der Waals surface area (Å²) in [5, 5.41) is 4.99. The number of rotatable bonds is 3. The highest BCUT2D eigenvalue weighted by Crippen LogP contribution is 2.21. The van der Waals surface area contributed by atoms with E-state index in [0.717, 1.165) is 0 Å². The highest BCUT2D eigenvalue weighted by atomic mass is 15.1. The maximum atomic E-state index is 3.71. The molecule has 0 aliphatic carbocycles. The first-order chi connectivity index (χ1) is 9.35. The van der Waals surface area contributed by atoms with Gasteiger partial charge in [0.05, 0.1) is 0 Å². The first kappa shape index (κ1) is 12.5. The van der Waals surface area contributed by atoms with Gasteiger partial charge < -0.3 is 15.2 Å². The van der Waals surface area contributed by atoms with Gasteiger partial charge in [0.25, 0.3) is 0 Å². The van der Waals surface area contributed by atoms with Gasteiger partial charge in [-0.05, 0) is 56.6 Å². The van der Waals surface area contributed by atoms with Gasteiger partial charge in [-0.25, -0.2) is 0 Å². The van der Waals surface area contributed by atoms with Crippen molar-refractivity contribution in [1.29, 1.82) is 0 Å². The maximum Gasteiger partial charge on any atom is 0.0455 e. The van der Waals surface area contributed by atoms with E-state index in [9.17, 15) is 0 Å². The third kappa shape index (κ3) is 2.92. The van der Waals surface area contributed by atoms with E-state index in [1.54, 1.807) is 0 Å². The van der Waals surface area contributed by atoms with Crippen LogP contribution in [-0.2, 0) is 0 Å². The predicted octanol–water partition coefficient (Wildman–Crippen LogP) is 3.45. The zero-order valence-corrected chi connectivity index (χ0v) is 11.7. The van der Waals surface area contributed by atoms with E-state index in [0.29, 0.717) is 6.04 Å². The van der Waals surface area contributed by atoms with Crippen LogP contribution in [0.15, 0.2) is 30.5 Å². The Morgan fingerprint density at radius 3 is 3.11 bits per heavy atom. The van der Waals surface area contributed by atoms with Gasteiger partial charge in [0, 0.05) is 35.4 Å². The number of hydrogen-bond acceptors (Lipinski definition) is 2. The molecule has 0 radical (unpaired) electrons. The minimum Gasteiger partial charge on any atom is -0.382 e. The Hall–Kier alpha value is -1.48. The number of likely N-dealkylation sites (tertiary alicyclic amines) is 1. The summed E-state index contributed by atoms with van der Waals surface area (Å²) in [4.78, 5) is 5.79. The highest BCUT2D eigenvalue weighted by molar-refractivity contribution is 5.83. The van der Waals surface area contributed by atoms with Gasteiger partial charge in [0.2, 0.25) is 0 Å². The molecule has 3 heteroatoms.